The van der Waals surface area contributed by atoms with E-state index in [1.54, 1.807) is 0 Å². The van der Waals surface area contributed by atoms with Gasteiger partial charge in [-0.1, -0.05) is 0 Å². The molecule has 0 aliphatic heterocycles. The Morgan fingerprint density at radius 3 is 2.39 bits per heavy atom. The van der Waals surface area contributed by atoms with Crippen molar-refractivity contribution in [2.45, 2.75) is 6.54 Å². The third-order valence-corrected chi connectivity index (χ3v) is 2.30. The number of rotatable bonds is 4. The van der Waals surface area contributed by atoms with Crippen LogP contribution in [0.3, 0.4) is 0 Å². The molecule has 0 fully saturated rings. The molecule has 0 unspecified atom stereocenters. The van der Waals surface area contributed by atoms with Gasteiger partial charge in [-0.2, -0.15) is 0 Å². The molecular weight excluding hydrogens is 272 g/mol. The van der Waals surface area contributed by atoms with Crippen molar-refractivity contribution in [2.75, 3.05) is 13.2 Å². The molecule has 1 aromatic carbocycles. The van der Waals surface area contributed by atoms with Gasteiger partial charge in [0.05, 0.1) is 6.61 Å². The molecular formula is C10H10F4N2OS. The lowest BCUT2D eigenvalue weighted by molar-refractivity contribution is 0.300. The normalized spacial score (nSPS) is 10.3. The van der Waals surface area contributed by atoms with E-state index in [1.807, 2.05) is 0 Å². The van der Waals surface area contributed by atoms with Gasteiger partial charge < -0.3 is 15.7 Å². The van der Waals surface area contributed by atoms with Crippen molar-refractivity contribution < 1.29 is 22.7 Å². The first kappa shape index (κ1) is 14.7. The van der Waals surface area contributed by atoms with Gasteiger partial charge in [0.1, 0.15) is 0 Å². The first-order valence-electron chi connectivity index (χ1n) is 4.91. The maximum atomic E-state index is 13.2. The van der Waals surface area contributed by atoms with E-state index in [9.17, 15) is 17.6 Å². The van der Waals surface area contributed by atoms with Gasteiger partial charge in [-0.3, -0.25) is 0 Å². The zero-order valence-electron chi connectivity index (χ0n) is 9.07. The predicted octanol–water partition coefficient (Wildman–Crippen LogP) is 1.20. The second-order valence-electron chi connectivity index (χ2n) is 3.29. The quantitative estimate of drug-likeness (QED) is 0.336. The number of nitrogens with one attached hydrogen (secondary N) is 2. The lowest BCUT2D eigenvalue weighted by atomic mass is 10.2. The summed E-state index contributed by atoms with van der Waals surface area (Å²) in [4.78, 5) is 0. The Morgan fingerprint density at radius 1 is 1.11 bits per heavy atom. The van der Waals surface area contributed by atoms with E-state index in [0.29, 0.717) is 6.07 Å². The molecule has 0 bridgehead atoms. The molecule has 0 atom stereocenters. The first-order valence-corrected chi connectivity index (χ1v) is 5.32. The third-order valence-electron chi connectivity index (χ3n) is 2.01. The topological polar surface area (TPSA) is 44.3 Å². The van der Waals surface area contributed by atoms with Gasteiger partial charge in [-0.05, 0) is 18.3 Å². The second-order valence-corrected chi connectivity index (χ2v) is 3.70. The summed E-state index contributed by atoms with van der Waals surface area (Å²) in [7, 11) is 0. The van der Waals surface area contributed by atoms with Gasteiger partial charge in [0.15, 0.2) is 28.4 Å². The van der Waals surface area contributed by atoms with Crippen LogP contribution in [-0.2, 0) is 6.54 Å². The van der Waals surface area contributed by atoms with Crippen LogP contribution in [0.2, 0.25) is 0 Å². The molecule has 8 heteroatoms. The van der Waals surface area contributed by atoms with E-state index in [4.69, 9.17) is 17.3 Å². The summed E-state index contributed by atoms with van der Waals surface area (Å²) in [6.07, 6.45) is 0. The molecule has 0 heterocycles. The van der Waals surface area contributed by atoms with Gasteiger partial charge in [0.25, 0.3) is 0 Å². The largest absolute Gasteiger partial charge is 0.395 e. The highest BCUT2D eigenvalue weighted by molar-refractivity contribution is 7.80. The van der Waals surface area contributed by atoms with Crippen molar-refractivity contribution in [1.29, 1.82) is 0 Å². The fourth-order valence-electron chi connectivity index (χ4n) is 1.16. The van der Waals surface area contributed by atoms with Crippen LogP contribution in [0.1, 0.15) is 5.56 Å². The lowest BCUT2D eigenvalue weighted by Crippen LogP contribution is -2.36. The molecule has 0 saturated heterocycles. The van der Waals surface area contributed by atoms with Crippen molar-refractivity contribution in [3.05, 3.63) is 34.9 Å². The monoisotopic (exact) mass is 282 g/mol. The molecule has 0 aromatic heterocycles. The number of aliphatic hydroxyl groups is 1. The maximum absolute atomic E-state index is 13.2. The predicted molar refractivity (Wildman–Crippen MR) is 60.8 cm³/mol. The molecule has 3 N–H and O–H groups in total. The molecule has 0 saturated carbocycles. The van der Waals surface area contributed by atoms with Crippen molar-refractivity contribution in [1.82, 2.24) is 10.6 Å². The van der Waals surface area contributed by atoms with Crippen LogP contribution < -0.4 is 10.6 Å². The van der Waals surface area contributed by atoms with E-state index in [0.717, 1.165) is 0 Å². The second kappa shape index (κ2) is 6.50. The van der Waals surface area contributed by atoms with E-state index < -0.39 is 23.3 Å². The number of halogens is 4. The van der Waals surface area contributed by atoms with Gasteiger partial charge >= 0.3 is 0 Å². The van der Waals surface area contributed by atoms with Crippen molar-refractivity contribution in [2.24, 2.45) is 0 Å². The smallest absolute Gasteiger partial charge is 0.197 e. The summed E-state index contributed by atoms with van der Waals surface area (Å²) in [6.45, 7) is -0.284. The molecule has 0 amide bonds. The Hall–Kier alpha value is -1.41. The number of benzene rings is 1. The lowest BCUT2D eigenvalue weighted by Gasteiger charge is -2.10. The summed E-state index contributed by atoms with van der Waals surface area (Å²) in [5.74, 6) is -6.65. The third kappa shape index (κ3) is 3.54. The van der Waals surface area contributed by atoms with Crippen LogP contribution in [0.5, 0.6) is 0 Å². The summed E-state index contributed by atoms with van der Waals surface area (Å²) in [5, 5.41) is 13.6. The minimum absolute atomic E-state index is 0.0774. The highest BCUT2D eigenvalue weighted by Crippen LogP contribution is 2.18. The maximum Gasteiger partial charge on any atom is 0.197 e. The minimum Gasteiger partial charge on any atom is -0.395 e. The van der Waals surface area contributed by atoms with Crippen LogP contribution in [0.15, 0.2) is 6.07 Å². The van der Waals surface area contributed by atoms with Crippen molar-refractivity contribution in [3.8, 4) is 0 Å². The Balaban J connectivity index is 2.71. The van der Waals surface area contributed by atoms with Gasteiger partial charge in [-0.15, -0.1) is 0 Å². The highest BCUT2D eigenvalue weighted by Gasteiger charge is 2.18. The van der Waals surface area contributed by atoms with Crippen LogP contribution in [-0.4, -0.2) is 23.4 Å². The van der Waals surface area contributed by atoms with Crippen molar-refractivity contribution >= 4 is 17.3 Å². The molecule has 18 heavy (non-hydrogen) atoms. The molecule has 0 aliphatic rings. The summed E-state index contributed by atoms with van der Waals surface area (Å²) < 4.78 is 51.6. The van der Waals surface area contributed by atoms with Gasteiger partial charge in [-0.25, -0.2) is 17.6 Å². The van der Waals surface area contributed by atoms with E-state index >= 15 is 0 Å². The van der Waals surface area contributed by atoms with Crippen LogP contribution in [0.25, 0.3) is 0 Å². The summed E-state index contributed by atoms with van der Waals surface area (Å²) >= 11 is 4.74. The average Bonchev–Trinajstić information content (AvgIpc) is 2.36. The number of thiocarbonyl (C=S) groups is 1. The highest BCUT2D eigenvalue weighted by atomic mass is 32.1. The molecule has 3 nitrogen and oxygen atoms in total. The van der Waals surface area contributed by atoms with E-state index in [-0.39, 0.29) is 30.4 Å². The van der Waals surface area contributed by atoms with Gasteiger partial charge in [0, 0.05) is 18.7 Å². The fraction of sp³-hybridized carbons (Fsp3) is 0.300. The average molecular weight is 282 g/mol. The summed E-state index contributed by atoms with van der Waals surface area (Å²) in [5.41, 5.74) is -0.389. The first-order chi connectivity index (χ1) is 8.47. The summed E-state index contributed by atoms with van der Waals surface area (Å²) in [6, 6.07) is 0.551. The Labute approximate surface area is 106 Å². The van der Waals surface area contributed by atoms with E-state index in [1.165, 1.54) is 0 Å². The number of aliphatic hydroxyl groups excluding tert-OH is 1. The Bertz CT molecular complexity index is 456. The molecule has 0 spiro atoms. The zero-order valence-corrected chi connectivity index (χ0v) is 9.88. The molecule has 1 rings (SSSR count). The molecule has 1 aromatic rings. The van der Waals surface area contributed by atoms with E-state index in [2.05, 4.69) is 10.6 Å². The Morgan fingerprint density at radius 2 is 1.78 bits per heavy atom. The van der Waals surface area contributed by atoms with Crippen LogP contribution in [0, 0.1) is 23.3 Å². The molecule has 100 valence electrons. The fourth-order valence-corrected chi connectivity index (χ4v) is 1.33. The SMILES string of the molecule is OCCNC(=S)NCc1cc(F)c(F)c(F)c1F. The number of hydrogen-bond donors (Lipinski definition) is 3. The molecule has 0 aliphatic carbocycles. The van der Waals surface area contributed by atoms with Crippen molar-refractivity contribution in [3.63, 3.8) is 0 Å². The number of hydrogen-bond acceptors (Lipinski definition) is 2. The standard InChI is InChI=1S/C10H10F4N2OS/c11-6-3-5(7(12)9(14)8(6)13)4-16-10(18)15-1-2-17/h3,17H,1-2,4H2,(H2,15,16,18). The minimum atomic E-state index is -1.86. The van der Waals surface area contributed by atoms with Gasteiger partial charge in [0.2, 0.25) is 0 Å². The Kier molecular flexibility index (Phi) is 5.29. The van der Waals surface area contributed by atoms with Crippen LogP contribution in [0.4, 0.5) is 17.6 Å². The zero-order chi connectivity index (χ0) is 13.7. The molecule has 0 radical (unpaired) electrons. The van der Waals surface area contributed by atoms with Crippen LogP contribution >= 0.6 is 12.2 Å².